The number of hydrogen-bond donors (Lipinski definition) is 1. The van der Waals surface area contributed by atoms with Gasteiger partial charge in [-0.1, -0.05) is 6.92 Å². The first-order valence-electron chi connectivity index (χ1n) is 5.18. The second-order valence-electron chi connectivity index (χ2n) is 3.57. The summed E-state index contributed by atoms with van der Waals surface area (Å²) in [4.78, 5) is 0. The second-order valence-corrected chi connectivity index (χ2v) is 4.55. The standard InChI is InChI=1S/C10H21NOS/c1-3-11-10-4-6-12-8-9(10)5-7-13-2/h9-11H,3-8H2,1-2H3. The summed E-state index contributed by atoms with van der Waals surface area (Å²) in [5.74, 6) is 2.00. The zero-order chi connectivity index (χ0) is 9.52. The Morgan fingerprint density at radius 1 is 1.54 bits per heavy atom. The Labute approximate surface area is 85.8 Å². The Morgan fingerprint density at radius 2 is 2.38 bits per heavy atom. The summed E-state index contributed by atoms with van der Waals surface area (Å²) >= 11 is 1.93. The molecule has 2 nitrogen and oxygen atoms in total. The molecule has 0 saturated carbocycles. The van der Waals surface area contributed by atoms with Crippen LogP contribution in [-0.2, 0) is 4.74 Å². The van der Waals surface area contributed by atoms with Crippen LogP contribution in [0.15, 0.2) is 0 Å². The Hall–Kier alpha value is 0.270. The Kier molecular flexibility index (Phi) is 5.83. The summed E-state index contributed by atoms with van der Waals surface area (Å²) < 4.78 is 5.51. The Bertz CT molecular complexity index is 130. The lowest BCUT2D eigenvalue weighted by Gasteiger charge is -2.32. The van der Waals surface area contributed by atoms with Crippen molar-refractivity contribution in [2.24, 2.45) is 5.92 Å². The van der Waals surface area contributed by atoms with Crippen LogP contribution >= 0.6 is 11.8 Å². The van der Waals surface area contributed by atoms with E-state index < -0.39 is 0 Å². The average Bonchev–Trinajstić information content (AvgIpc) is 2.17. The van der Waals surface area contributed by atoms with Crippen molar-refractivity contribution in [1.82, 2.24) is 5.32 Å². The molecule has 2 atom stereocenters. The molecule has 1 heterocycles. The zero-order valence-corrected chi connectivity index (χ0v) is 9.53. The van der Waals surface area contributed by atoms with Crippen molar-refractivity contribution < 1.29 is 4.74 Å². The van der Waals surface area contributed by atoms with Crippen molar-refractivity contribution in [2.45, 2.75) is 25.8 Å². The van der Waals surface area contributed by atoms with E-state index in [1.54, 1.807) is 0 Å². The molecule has 78 valence electrons. The number of rotatable bonds is 5. The third-order valence-electron chi connectivity index (χ3n) is 2.63. The van der Waals surface area contributed by atoms with Crippen LogP contribution in [0.1, 0.15) is 19.8 Å². The van der Waals surface area contributed by atoms with Crippen LogP contribution in [0.2, 0.25) is 0 Å². The molecule has 0 aromatic rings. The number of nitrogens with one attached hydrogen (secondary N) is 1. The molecule has 13 heavy (non-hydrogen) atoms. The highest BCUT2D eigenvalue weighted by Crippen LogP contribution is 2.19. The Balaban J connectivity index is 2.28. The summed E-state index contributed by atoms with van der Waals surface area (Å²) in [5, 5.41) is 3.55. The molecule has 3 heteroatoms. The van der Waals surface area contributed by atoms with E-state index in [1.165, 1.54) is 18.6 Å². The molecule has 1 aliphatic heterocycles. The highest BCUT2D eigenvalue weighted by Gasteiger charge is 2.23. The van der Waals surface area contributed by atoms with Crippen molar-refractivity contribution in [3.05, 3.63) is 0 Å². The minimum atomic E-state index is 0.700. The van der Waals surface area contributed by atoms with Gasteiger partial charge in [-0.2, -0.15) is 11.8 Å². The van der Waals surface area contributed by atoms with E-state index in [2.05, 4.69) is 18.5 Å². The van der Waals surface area contributed by atoms with Crippen molar-refractivity contribution in [1.29, 1.82) is 0 Å². The molecule has 0 bridgehead atoms. The van der Waals surface area contributed by atoms with Gasteiger partial charge in [-0.25, -0.2) is 0 Å². The molecule has 1 aliphatic rings. The molecule has 0 spiro atoms. The fourth-order valence-corrected chi connectivity index (χ4v) is 2.42. The van der Waals surface area contributed by atoms with Gasteiger partial charge >= 0.3 is 0 Å². The molecule has 1 saturated heterocycles. The van der Waals surface area contributed by atoms with Crippen LogP contribution in [0, 0.1) is 5.92 Å². The van der Waals surface area contributed by atoms with Crippen LogP contribution in [-0.4, -0.2) is 37.8 Å². The first-order chi connectivity index (χ1) is 6.38. The molecule has 0 aromatic heterocycles. The molecule has 1 N–H and O–H groups in total. The van der Waals surface area contributed by atoms with Crippen molar-refractivity contribution in [2.75, 3.05) is 31.8 Å². The third-order valence-corrected chi connectivity index (χ3v) is 3.28. The maximum atomic E-state index is 5.51. The van der Waals surface area contributed by atoms with Crippen molar-refractivity contribution in [3.63, 3.8) is 0 Å². The van der Waals surface area contributed by atoms with Gasteiger partial charge < -0.3 is 10.1 Å². The lowest BCUT2D eigenvalue weighted by atomic mass is 9.93. The van der Waals surface area contributed by atoms with Gasteiger partial charge in [-0.15, -0.1) is 0 Å². The lowest BCUT2D eigenvalue weighted by Crippen LogP contribution is -2.42. The van der Waals surface area contributed by atoms with Gasteiger partial charge in [0, 0.05) is 12.6 Å². The van der Waals surface area contributed by atoms with Gasteiger partial charge in [0.25, 0.3) is 0 Å². The van der Waals surface area contributed by atoms with E-state index in [9.17, 15) is 0 Å². The van der Waals surface area contributed by atoms with Gasteiger partial charge in [0.15, 0.2) is 0 Å². The molecular formula is C10H21NOS. The van der Waals surface area contributed by atoms with Gasteiger partial charge in [0.1, 0.15) is 0 Å². The number of thioether (sulfide) groups is 1. The maximum Gasteiger partial charge on any atom is 0.0509 e. The molecule has 0 aromatic carbocycles. The highest BCUT2D eigenvalue weighted by atomic mass is 32.2. The van der Waals surface area contributed by atoms with Crippen LogP contribution in [0.5, 0.6) is 0 Å². The largest absolute Gasteiger partial charge is 0.381 e. The normalized spacial score (nSPS) is 29.1. The molecule has 0 aliphatic carbocycles. The van der Waals surface area contributed by atoms with Crippen LogP contribution in [0.4, 0.5) is 0 Å². The average molecular weight is 203 g/mol. The monoisotopic (exact) mass is 203 g/mol. The van der Waals surface area contributed by atoms with E-state index in [0.717, 1.165) is 25.7 Å². The first kappa shape index (κ1) is 11.3. The minimum absolute atomic E-state index is 0.700. The summed E-state index contributed by atoms with van der Waals surface area (Å²) in [6.45, 7) is 5.16. The van der Waals surface area contributed by atoms with Crippen molar-refractivity contribution in [3.8, 4) is 0 Å². The minimum Gasteiger partial charge on any atom is -0.381 e. The zero-order valence-electron chi connectivity index (χ0n) is 8.71. The smallest absolute Gasteiger partial charge is 0.0509 e. The predicted octanol–water partition coefficient (Wildman–Crippen LogP) is 1.75. The summed E-state index contributed by atoms with van der Waals surface area (Å²) in [7, 11) is 0. The van der Waals surface area contributed by atoms with Gasteiger partial charge in [0.2, 0.25) is 0 Å². The predicted molar refractivity (Wildman–Crippen MR) is 59.4 cm³/mol. The van der Waals surface area contributed by atoms with Gasteiger partial charge in [-0.05, 0) is 37.3 Å². The fourth-order valence-electron chi connectivity index (χ4n) is 1.88. The van der Waals surface area contributed by atoms with E-state index in [0.29, 0.717) is 6.04 Å². The number of hydrogen-bond acceptors (Lipinski definition) is 3. The van der Waals surface area contributed by atoms with Crippen molar-refractivity contribution >= 4 is 11.8 Å². The van der Waals surface area contributed by atoms with E-state index in [1.807, 2.05) is 11.8 Å². The second kappa shape index (κ2) is 6.68. The molecule has 0 amide bonds. The summed E-state index contributed by atoms with van der Waals surface area (Å²) in [6.07, 6.45) is 4.65. The van der Waals surface area contributed by atoms with Crippen LogP contribution < -0.4 is 5.32 Å². The van der Waals surface area contributed by atoms with Crippen LogP contribution in [0.25, 0.3) is 0 Å². The molecule has 2 unspecified atom stereocenters. The molecule has 1 rings (SSSR count). The Morgan fingerprint density at radius 3 is 3.08 bits per heavy atom. The quantitative estimate of drug-likeness (QED) is 0.735. The topological polar surface area (TPSA) is 21.3 Å². The summed E-state index contributed by atoms with van der Waals surface area (Å²) in [6, 6.07) is 0.700. The fraction of sp³-hybridized carbons (Fsp3) is 1.00. The van der Waals surface area contributed by atoms with Crippen LogP contribution in [0.3, 0.4) is 0 Å². The van der Waals surface area contributed by atoms with Gasteiger partial charge in [-0.3, -0.25) is 0 Å². The maximum absolute atomic E-state index is 5.51. The molecular weight excluding hydrogens is 182 g/mol. The van der Waals surface area contributed by atoms with Gasteiger partial charge in [0.05, 0.1) is 6.61 Å². The molecule has 1 fully saturated rings. The molecule has 0 radical (unpaired) electrons. The van der Waals surface area contributed by atoms with E-state index in [-0.39, 0.29) is 0 Å². The summed E-state index contributed by atoms with van der Waals surface area (Å²) in [5.41, 5.74) is 0. The van der Waals surface area contributed by atoms with E-state index in [4.69, 9.17) is 4.74 Å². The SMILES string of the molecule is CCNC1CCOCC1CCSC. The first-order valence-corrected chi connectivity index (χ1v) is 6.58. The third kappa shape index (κ3) is 3.88. The highest BCUT2D eigenvalue weighted by molar-refractivity contribution is 7.98. The number of ether oxygens (including phenoxy) is 1. The van der Waals surface area contributed by atoms with E-state index >= 15 is 0 Å². The lowest BCUT2D eigenvalue weighted by molar-refractivity contribution is 0.0316.